The van der Waals surface area contributed by atoms with Crippen molar-refractivity contribution in [2.75, 3.05) is 7.05 Å². The van der Waals surface area contributed by atoms with Gasteiger partial charge in [-0.05, 0) is 26.3 Å². The van der Waals surface area contributed by atoms with Crippen molar-refractivity contribution in [2.24, 2.45) is 0 Å². The highest BCUT2D eigenvalue weighted by molar-refractivity contribution is 4.97. The molecule has 13 heavy (non-hydrogen) atoms. The van der Waals surface area contributed by atoms with Crippen molar-refractivity contribution in [3.05, 3.63) is 11.8 Å². The summed E-state index contributed by atoms with van der Waals surface area (Å²) >= 11 is 0. The van der Waals surface area contributed by atoms with E-state index in [2.05, 4.69) is 15.5 Å². The van der Waals surface area contributed by atoms with E-state index in [-0.39, 0.29) is 0 Å². The molecule has 1 fully saturated rings. The molecule has 0 aliphatic heterocycles. The maximum atomic E-state index is 5.41. The Bertz CT molecular complexity index is 284. The van der Waals surface area contributed by atoms with Crippen LogP contribution in [-0.2, 0) is 0 Å². The summed E-state index contributed by atoms with van der Waals surface area (Å²) < 4.78 is 5.41. The van der Waals surface area contributed by atoms with Crippen molar-refractivity contribution < 1.29 is 4.42 Å². The summed E-state index contributed by atoms with van der Waals surface area (Å²) in [5.74, 6) is 1.96. The van der Waals surface area contributed by atoms with Crippen molar-refractivity contribution in [1.82, 2.24) is 15.5 Å². The Balaban J connectivity index is 2.03. The molecular weight excluding hydrogens is 166 g/mol. The number of nitrogens with zero attached hydrogens (tertiary/aromatic N) is 2. The predicted octanol–water partition coefficient (Wildman–Crippen LogP) is 1.23. The lowest BCUT2D eigenvalue weighted by Gasteiger charge is -2.06. The Morgan fingerprint density at radius 2 is 2.23 bits per heavy atom. The van der Waals surface area contributed by atoms with Crippen LogP contribution in [0.25, 0.3) is 0 Å². The Kier molecular flexibility index (Phi) is 2.31. The van der Waals surface area contributed by atoms with Gasteiger partial charge < -0.3 is 9.73 Å². The van der Waals surface area contributed by atoms with Crippen molar-refractivity contribution in [1.29, 1.82) is 0 Å². The van der Waals surface area contributed by atoms with Crippen LogP contribution in [0.3, 0.4) is 0 Å². The number of aromatic nitrogens is 2. The van der Waals surface area contributed by atoms with Crippen molar-refractivity contribution in [3.63, 3.8) is 0 Å². The topological polar surface area (TPSA) is 51.0 Å². The molecule has 2 rings (SSSR count). The zero-order valence-electron chi connectivity index (χ0n) is 8.08. The van der Waals surface area contributed by atoms with E-state index >= 15 is 0 Å². The summed E-state index contributed by atoms with van der Waals surface area (Å²) in [6, 6.07) is 0.622. The van der Waals surface area contributed by atoms with Crippen LogP contribution >= 0.6 is 0 Å². The highest BCUT2D eigenvalue weighted by Crippen LogP contribution is 2.33. The van der Waals surface area contributed by atoms with Crippen LogP contribution in [0.2, 0.25) is 0 Å². The van der Waals surface area contributed by atoms with Gasteiger partial charge in [0.2, 0.25) is 11.8 Å². The monoisotopic (exact) mass is 181 g/mol. The Hall–Kier alpha value is -0.900. The molecule has 0 unspecified atom stereocenters. The number of nitrogens with one attached hydrogen (secondary N) is 1. The second kappa shape index (κ2) is 3.46. The molecule has 4 heteroatoms. The zero-order chi connectivity index (χ0) is 9.26. The molecule has 1 saturated carbocycles. The second-order valence-corrected chi connectivity index (χ2v) is 3.65. The summed E-state index contributed by atoms with van der Waals surface area (Å²) in [5, 5.41) is 11.2. The summed E-state index contributed by atoms with van der Waals surface area (Å²) in [4.78, 5) is 0. The third kappa shape index (κ3) is 1.72. The van der Waals surface area contributed by atoms with Gasteiger partial charge in [0.15, 0.2) is 0 Å². The first kappa shape index (κ1) is 8.69. The minimum absolute atomic E-state index is 0.471. The van der Waals surface area contributed by atoms with Crippen molar-refractivity contribution in [2.45, 2.75) is 38.1 Å². The normalized spacial score (nSPS) is 28.2. The van der Waals surface area contributed by atoms with Crippen LogP contribution in [0.4, 0.5) is 0 Å². The number of rotatable bonds is 2. The van der Waals surface area contributed by atoms with Gasteiger partial charge in [0.25, 0.3) is 0 Å². The third-order valence-corrected chi connectivity index (χ3v) is 2.73. The minimum Gasteiger partial charge on any atom is -0.425 e. The summed E-state index contributed by atoms with van der Waals surface area (Å²) in [6.45, 7) is 1.83. The SMILES string of the molecule is CN[C@@H]1CC[C@H](c2nnc(C)o2)C1. The van der Waals surface area contributed by atoms with E-state index in [0.717, 1.165) is 18.7 Å². The van der Waals surface area contributed by atoms with E-state index < -0.39 is 0 Å². The lowest BCUT2D eigenvalue weighted by atomic mass is 10.1. The molecule has 4 nitrogen and oxygen atoms in total. The van der Waals surface area contributed by atoms with Crippen LogP contribution in [0.15, 0.2) is 4.42 Å². The fourth-order valence-electron chi connectivity index (χ4n) is 1.94. The zero-order valence-corrected chi connectivity index (χ0v) is 8.08. The summed E-state index contributed by atoms with van der Waals surface area (Å²) in [7, 11) is 2.01. The number of hydrogen-bond donors (Lipinski definition) is 1. The van der Waals surface area contributed by atoms with E-state index in [9.17, 15) is 0 Å². The van der Waals surface area contributed by atoms with Gasteiger partial charge in [0, 0.05) is 18.9 Å². The molecule has 0 amide bonds. The first-order chi connectivity index (χ1) is 6.29. The molecule has 1 aliphatic rings. The highest BCUT2D eigenvalue weighted by atomic mass is 16.4. The summed E-state index contributed by atoms with van der Waals surface area (Å²) in [5.41, 5.74) is 0. The molecular formula is C9H15N3O. The van der Waals surface area contributed by atoms with Crippen molar-refractivity contribution >= 4 is 0 Å². The molecule has 1 N–H and O–H groups in total. The van der Waals surface area contributed by atoms with Crippen LogP contribution < -0.4 is 5.32 Å². The standard InChI is InChI=1S/C9H15N3O/c1-6-11-12-9(13-6)7-3-4-8(5-7)10-2/h7-8,10H,3-5H2,1-2H3/t7-,8+/m0/s1. The smallest absolute Gasteiger partial charge is 0.219 e. The Morgan fingerprint density at radius 1 is 1.38 bits per heavy atom. The molecule has 72 valence electrons. The van der Waals surface area contributed by atoms with Crippen LogP contribution in [-0.4, -0.2) is 23.3 Å². The lowest BCUT2D eigenvalue weighted by molar-refractivity contribution is 0.424. The van der Waals surface area contributed by atoms with E-state index in [4.69, 9.17) is 4.42 Å². The molecule has 0 aromatic carbocycles. The molecule has 0 bridgehead atoms. The van der Waals surface area contributed by atoms with Crippen LogP contribution in [0.1, 0.15) is 37.0 Å². The number of hydrogen-bond acceptors (Lipinski definition) is 4. The molecule has 0 radical (unpaired) electrons. The molecule has 1 aliphatic carbocycles. The minimum atomic E-state index is 0.471. The van der Waals surface area contributed by atoms with E-state index in [1.165, 1.54) is 6.42 Å². The van der Waals surface area contributed by atoms with Crippen LogP contribution in [0, 0.1) is 6.92 Å². The predicted molar refractivity (Wildman–Crippen MR) is 48.5 cm³/mol. The molecule has 2 atom stereocenters. The van der Waals surface area contributed by atoms with Gasteiger partial charge in [0.1, 0.15) is 0 Å². The maximum absolute atomic E-state index is 5.41. The van der Waals surface area contributed by atoms with Gasteiger partial charge in [-0.1, -0.05) is 0 Å². The molecule has 1 heterocycles. The Labute approximate surface area is 77.7 Å². The average molecular weight is 181 g/mol. The van der Waals surface area contributed by atoms with Crippen LogP contribution in [0.5, 0.6) is 0 Å². The molecule has 0 spiro atoms. The Morgan fingerprint density at radius 3 is 2.77 bits per heavy atom. The van der Waals surface area contributed by atoms with Gasteiger partial charge in [-0.25, -0.2) is 0 Å². The first-order valence-corrected chi connectivity index (χ1v) is 4.77. The first-order valence-electron chi connectivity index (χ1n) is 4.77. The lowest BCUT2D eigenvalue weighted by Crippen LogP contribution is -2.21. The molecule has 1 aromatic rings. The van der Waals surface area contributed by atoms with Gasteiger partial charge in [0.05, 0.1) is 0 Å². The average Bonchev–Trinajstić information content (AvgIpc) is 2.71. The third-order valence-electron chi connectivity index (χ3n) is 2.73. The quantitative estimate of drug-likeness (QED) is 0.745. The molecule has 0 saturated heterocycles. The van der Waals surface area contributed by atoms with Gasteiger partial charge in [-0.15, -0.1) is 10.2 Å². The maximum Gasteiger partial charge on any atom is 0.219 e. The summed E-state index contributed by atoms with van der Waals surface area (Å²) in [6.07, 6.45) is 3.49. The van der Waals surface area contributed by atoms with Gasteiger partial charge in [-0.2, -0.15) is 0 Å². The number of aryl methyl sites for hydroxylation is 1. The van der Waals surface area contributed by atoms with E-state index in [1.807, 2.05) is 14.0 Å². The van der Waals surface area contributed by atoms with E-state index in [0.29, 0.717) is 17.9 Å². The second-order valence-electron chi connectivity index (χ2n) is 3.65. The van der Waals surface area contributed by atoms with E-state index in [1.54, 1.807) is 0 Å². The molecule has 1 aromatic heterocycles. The van der Waals surface area contributed by atoms with Gasteiger partial charge >= 0.3 is 0 Å². The fourth-order valence-corrected chi connectivity index (χ4v) is 1.94. The largest absolute Gasteiger partial charge is 0.425 e. The van der Waals surface area contributed by atoms with Crippen molar-refractivity contribution in [3.8, 4) is 0 Å². The van der Waals surface area contributed by atoms with Gasteiger partial charge in [-0.3, -0.25) is 0 Å². The fraction of sp³-hybridized carbons (Fsp3) is 0.778. The highest BCUT2D eigenvalue weighted by Gasteiger charge is 2.28.